The number of hydrogen-bond donors (Lipinski definition) is 0. The molecule has 1 fully saturated rings. The second kappa shape index (κ2) is 9.22. The summed E-state index contributed by atoms with van der Waals surface area (Å²) in [6.07, 6.45) is 2.34. The van der Waals surface area contributed by atoms with Gasteiger partial charge in [-0.1, -0.05) is 11.6 Å². The van der Waals surface area contributed by atoms with Crippen LogP contribution in [0.1, 0.15) is 47.4 Å². The molecule has 1 aromatic carbocycles. The van der Waals surface area contributed by atoms with Gasteiger partial charge in [0.1, 0.15) is 11.2 Å². The van der Waals surface area contributed by atoms with Crippen molar-refractivity contribution in [3.63, 3.8) is 0 Å². The van der Waals surface area contributed by atoms with Gasteiger partial charge in [-0.25, -0.2) is 18.7 Å². The predicted molar refractivity (Wildman–Crippen MR) is 132 cm³/mol. The van der Waals surface area contributed by atoms with Crippen molar-refractivity contribution in [3.05, 3.63) is 96.4 Å². The third kappa shape index (κ3) is 4.22. The number of aryl methyl sites for hydroxylation is 3. The molecule has 0 unspecified atom stereocenters. The first-order valence-electron chi connectivity index (χ1n) is 11.5. The Hall–Kier alpha value is -3.43. The Kier molecular flexibility index (Phi) is 6.22. The first kappa shape index (κ1) is 24.3. The maximum absolute atomic E-state index is 15.0. The number of pyridine rings is 2. The summed E-state index contributed by atoms with van der Waals surface area (Å²) in [5, 5.41) is -0.120. The van der Waals surface area contributed by atoms with E-state index in [0.29, 0.717) is 41.9 Å². The summed E-state index contributed by atoms with van der Waals surface area (Å²) in [5.74, 6) is -2.22. The van der Waals surface area contributed by atoms with Crippen molar-refractivity contribution in [3.8, 4) is 5.69 Å². The molecule has 5 rings (SSSR count). The quantitative estimate of drug-likeness (QED) is 0.399. The zero-order valence-corrected chi connectivity index (χ0v) is 20.6. The molecule has 4 aromatic rings. The van der Waals surface area contributed by atoms with E-state index in [1.165, 1.54) is 10.6 Å². The van der Waals surface area contributed by atoms with Gasteiger partial charge >= 0.3 is 0 Å². The molecule has 3 aromatic heterocycles. The third-order valence-corrected chi connectivity index (χ3v) is 6.90. The highest BCUT2D eigenvalue weighted by Gasteiger charge is 2.30. The average Bonchev–Trinajstić information content (AvgIpc) is 2.83. The normalized spacial score (nSPS) is 18.1. The lowest BCUT2D eigenvalue weighted by Gasteiger charge is -2.30. The Morgan fingerprint density at radius 2 is 1.75 bits per heavy atom. The summed E-state index contributed by atoms with van der Waals surface area (Å²) in [6.45, 7) is 3.87. The molecule has 1 saturated heterocycles. The molecule has 4 heterocycles. The van der Waals surface area contributed by atoms with Gasteiger partial charge in [-0.2, -0.15) is 0 Å². The van der Waals surface area contributed by atoms with Crippen molar-refractivity contribution in [1.29, 1.82) is 0 Å². The first-order chi connectivity index (χ1) is 17.1. The maximum Gasteiger partial charge on any atom is 0.260 e. The lowest BCUT2D eigenvalue weighted by atomic mass is 9.87. The lowest BCUT2D eigenvalue weighted by molar-refractivity contribution is 0.00469. The Morgan fingerprint density at radius 1 is 1.06 bits per heavy atom. The molecular weight excluding hydrogens is 490 g/mol. The fourth-order valence-corrected chi connectivity index (χ4v) is 4.86. The minimum absolute atomic E-state index is 0.0636. The van der Waals surface area contributed by atoms with E-state index >= 15 is 8.78 Å². The predicted octanol–water partition coefficient (Wildman–Crippen LogP) is 4.66. The molecule has 186 valence electrons. The topological polar surface area (TPSA) is 79.0 Å². The van der Waals surface area contributed by atoms with Gasteiger partial charge in [0.05, 0.1) is 17.5 Å². The van der Waals surface area contributed by atoms with Crippen LogP contribution in [0.4, 0.5) is 8.78 Å². The van der Waals surface area contributed by atoms with Crippen molar-refractivity contribution in [2.45, 2.75) is 38.7 Å². The number of nitrogens with zero attached hydrogens (tertiary/aromatic N) is 4. The standard InChI is InChI=1S/C26H23ClF2N4O3/c1-13-14(2)31-25-21(30-13)11-18(26(35)33(25)24-19(28)9-17(27)10-20(24)29)15-6-7-36-22(8-15)16-4-5-23(34)32(3)12-16/h4-5,9-12,15,22H,6-8H2,1-3H3/t15-,22+/m0/s1. The summed E-state index contributed by atoms with van der Waals surface area (Å²) in [7, 11) is 1.66. The number of ether oxygens (including phenoxy) is 1. The summed E-state index contributed by atoms with van der Waals surface area (Å²) in [5.41, 5.74) is 1.52. The fraction of sp³-hybridized carbons (Fsp3) is 0.308. The molecule has 0 aliphatic carbocycles. The summed E-state index contributed by atoms with van der Waals surface area (Å²) in [4.78, 5) is 34.7. The summed E-state index contributed by atoms with van der Waals surface area (Å²) >= 11 is 5.83. The van der Waals surface area contributed by atoms with Gasteiger partial charge in [-0.15, -0.1) is 0 Å². The highest BCUT2D eigenvalue weighted by atomic mass is 35.5. The van der Waals surface area contributed by atoms with E-state index in [9.17, 15) is 9.59 Å². The Morgan fingerprint density at radius 3 is 2.44 bits per heavy atom. The molecular formula is C26H23ClF2N4O3. The van der Waals surface area contributed by atoms with Crippen LogP contribution in [0.2, 0.25) is 5.02 Å². The highest BCUT2D eigenvalue weighted by Crippen LogP contribution is 2.37. The van der Waals surface area contributed by atoms with Crippen molar-refractivity contribution in [1.82, 2.24) is 19.1 Å². The SMILES string of the molecule is Cc1nc2cc([C@H]3CCO[C@@H](c4ccc(=O)n(C)c4)C3)c(=O)n(-c3c(F)cc(Cl)cc3F)c2nc1C. The second-order valence-electron chi connectivity index (χ2n) is 9.05. The molecule has 7 nitrogen and oxygen atoms in total. The molecule has 0 N–H and O–H groups in total. The molecule has 0 radical (unpaired) electrons. The molecule has 2 atom stereocenters. The zero-order chi connectivity index (χ0) is 25.7. The van der Waals surface area contributed by atoms with E-state index in [-0.39, 0.29) is 28.3 Å². The molecule has 0 bridgehead atoms. The molecule has 10 heteroatoms. The van der Waals surface area contributed by atoms with Crippen LogP contribution in [0.25, 0.3) is 16.9 Å². The van der Waals surface area contributed by atoms with Crippen LogP contribution in [0, 0.1) is 25.5 Å². The van der Waals surface area contributed by atoms with Gasteiger partial charge < -0.3 is 9.30 Å². The number of fused-ring (bicyclic) bond motifs is 1. The van der Waals surface area contributed by atoms with Crippen LogP contribution >= 0.6 is 11.6 Å². The van der Waals surface area contributed by atoms with Gasteiger partial charge in [0.25, 0.3) is 5.56 Å². The van der Waals surface area contributed by atoms with Crippen LogP contribution < -0.4 is 11.1 Å². The molecule has 0 saturated carbocycles. The van der Waals surface area contributed by atoms with Crippen LogP contribution in [-0.4, -0.2) is 25.7 Å². The van der Waals surface area contributed by atoms with Gasteiger partial charge in [0, 0.05) is 36.5 Å². The first-order valence-corrected chi connectivity index (χ1v) is 11.9. The maximum atomic E-state index is 15.0. The Balaban J connectivity index is 1.70. The number of halogens is 3. The molecule has 1 aliphatic rings. The van der Waals surface area contributed by atoms with E-state index < -0.39 is 22.9 Å². The van der Waals surface area contributed by atoms with Crippen molar-refractivity contribution in [2.75, 3.05) is 6.61 Å². The molecule has 0 spiro atoms. The number of benzene rings is 1. The van der Waals surface area contributed by atoms with Crippen LogP contribution in [-0.2, 0) is 11.8 Å². The summed E-state index contributed by atoms with van der Waals surface area (Å²) < 4.78 is 38.4. The monoisotopic (exact) mass is 512 g/mol. The number of rotatable bonds is 3. The third-order valence-electron chi connectivity index (χ3n) is 6.68. The minimum Gasteiger partial charge on any atom is -0.373 e. The number of hydrogen-bond acceptors (Lipinski definition) is 5. The van der Waals surface area contributed by atoms with E-state index in [1.54, 1.807) is 39.2 Å². The average molecular weight is 513 g/mol. The smallest absolute Gasteiger partial charge is 0.260 e. The van der Waals surface area contributed by atoms with Gasteiger partial charge in [-0.05, 0) is 62.4 Å². The van der Waals surface area contributed by atoms with Crippen molar-refractivity contribution < 1.29 is 13.5 Å². The Labute approximate surface area is 210 Å². The molecule has 36 heavy (non-hydrogen) atoms. The van der Waals surface area contributed by atoms with Crippen LogP contribution in [0.3, 0.4) is 0 Å². The van der Waals surface area contributed by atoms with Crippen LogP contribution in [0.15, 0.2) is 46.1 Å². The second-order valence-corrected chi connectivity index (χ2v) is 9.49. The van der Waals surface area contributed by atoms with E-state index in [1.807, 2.05) is 0 Å². The van der Waals surface area contributed by atoms with Crippen molar-refractivity contribution in [2.24, 2.45) is 7.05 Å². The minimum atomic E-state index is -0.976. The Bertz CT molecular complexity index is 1610. The number of aromatic nitrogens is 4. The molecule has 1 aliphatic heterocycles. The van der Waals surface area contributed by atoms with Crippen LogP contribution in [0.5, 0.6) is 0 Å². The van der Waals surface area contributed by atoms with E-state index in [2.05, 4.69) is 9.97 Å². The lowest BCUT2D eigenvalue weighted by Crippen LogP contribution is -2.30. The van der Waals surface area contributed by atoms with Gasteiger partial charge in [0.2, 0.25) is 5.56 Å². The molecule has 0 amide bonds. The van der Waals surface area contributed by atoms with Gasteiger partial charge in [-0.3, -0.25) is 14.2 Å². The van der Waals surface area contributed by atoms with Gasteiger partial charge in [0.15, 0.2) is 17.3 Å². The van der Waals surface area contributed by atoms with Crippen molar-refractivity contribution >= 4 is 22.8 Å². The van der Waals surface area contributed by atoms with E-state index in [4.69, 9.17) is 16.3 Å². The fourth-order valence-electron chi connectivity index (χ4n) is 4.67. The summed E-state index contributed by atoms with van der Waals surface area (Å²) in [6, 6.07) is 6.77. The van der Waals surface area contributed by atoms with E-state index in [0.717, 1.165) is 22.3 Å². The largest absolute Gasteiger partial charge is 0.373 e. The zero-order valence-electron chi connectivity index (χ0n) is 19.9. The highest BCUT2D eigenvalue weighted by molar-refractivity contribution is 6.30.